The maximum atomic E-state index is 12.1. The highest BCUT2D eigenvalue weighted by atomic mass is 16.6. The summed E-state index contributed by atoms with van der Waals surface area (Å²) in [4.78, 5) is 27.3. The van der Waals surface area contributed by atoms with Gasteiger partial charge in [0.05, 0.1) is 0 Å². The first-order valence-corrected chi connectivity index (χ1v) is 7.51. The zero-order chi connectivity index (χ0) is 16.6. The first-order valence-electron chi connectivity index (χ1n) is 7.51. The molecule has 0 aliphatic carbocycles. The summed E-state index contributed by atoms with van der Waals surface area (Å²) in [5.41, 5.74) is -0.385. The molecule has 0 atom stereocenters. The van der Waals surface area contributed by atoms with E-state index in [2.05, 4.69) is 15.3 Å². The lowest BCUT2D eigenvalue weighted by Crippen LogP contribution is -2.50. The van der Waals surface area contributed by atoms with E-state index in [1.165, 1.54) is 4.52 Å². The van der Waals surface area contributed by atoms with E-state index in [9.17, 15) is 9.59 Å². The predicted octanol–water partition coefficient (Wildman–Crippen LogP) is 0.475. The van der Waals surface area contributed by atoms with Crippen LogP contribution in [-0.2, 0) is 4.74 Å². The number of carbonyl (C=O) groups is 1. The number of aromatic nitrogens is 4. The van der Waals surface area contributed by atoms with Gasteiger partial charge < -0.3 is 14.5 Å². The molecule has 0 radical (unpaired) electrons. The fraction of sp³-hybridized carbons (Fsp3) is 0.571. The van der Waals surface area contributed by atoms with Crippen molar-refractivity contribution in [3.05, 3.63) is 22.6 Å². The topological polar surface area (TPSA) is 95.8 Å². The lowest BCUT2D eigenvalue weighted by molar-refractivity contribution is 0.0240. The van der Waals surface area contributed by atoms with Gasteiger partial charge in [0.15, 0.2) is 5.65 Å². The van der Waals surface area contributed by atoms with Crippen LogP contribution in [0.2, 0.25) is 0 Å². The maximum absolute atomic E-state index is 12.1. The molecule has 3 rings (SSSR count). The van der Waals surface area contributed by atoms with Crippen molar-refractivity contribution in [2.75, 3.05) is 31.1 Å². The summed E-state index contributed by atoms with van der Waals surface area (Å²) < 4.78 is 6.61. The molecule has 9 nitrogen and oxygen atoms in total. The number of carbonyl (C=O) groups excluding carboxylic acids is 1. The number of ether oxygens (including phenoxy) is 1. The Morgan fingerprint density at radius 1 is 1.22 bits per heavy atom. The number of hydrogen-bond donors (Lipinski definition) is 1. The second-order valence-corrected chi connectivity index (χ2v) is 6.44. The van der Waals surface area contributed by atoms with Crippen molar-refractivity contribution in [1.29, 1.82) is 0 Å². The molecule has 0 aromatic carbocycles. The molecule has 0 bridgehead atoms. The molecule has 9 heteroatoms. The molecule has 23 heavy (non-hydrogen) atoms. The van der Waals surface area contributed by atoms with Crippen molar-refractivity contribution in [3.63, 3.8) is 0 Å². The normalized spacial score (nSPS) is 16.0. The molecular weight excluding hydrogens is 300 g/mol. The van der Waals surface area contributed by atoms with Gasteiger partial charge in [-0.15, -0.1) is 5.10 Å². The molecule has 2 aromatic rings. The molecule has 1 saturated heterocycles. The third kappa shape index (κ3) is 3.27. The van der Waals surface area contributed by atoms with Gasteiger partial charge in [0.2, 0.25) is 0 Å². The Morgan fingerprint density at radius 3 is 2.57 bits per heavy atom. The molecule has 1 aliphatic rings. The Labute approximate surface area is 132 Å². The van der Waals surface area contributed by atoms with Gasteiger partial charge in [-0.25, -0.2) is 14.7 Å². The average Bonchev–Trinajstić information content (AvgIpc) is 2.87. The number of H-pyrrole nitrogens is 1. The number of amides is 1. The summed E-state index contributed by atoms with van der Waals surface area (Å²) in [6, 6.07) is 3.55. The van der Waals surface area contributed by atoms with E-state index in [0.29, 0.717) is 37.6 Å². The Bertz CT molecular complexity index is 767. The average molecular weight is 320 g/mol. The summed E-state index contributed by atoms with van der Waals surface area (Å²) in [7, 11) is 0. The van der Waals surface area contributed by atoms with Crippen LogP contribution in [0.5, 0.6) is 0 Å². The van der Waals surface area contributed by atoms with Crippen molar-refractivity contribution < 1.29 is 9.53 Å². The number of rotatable bonds is 1. The lowest BCUT2D eigenvalue weighted by atomic mass is 10.2. The van der Waals surface area contributed by atoms with Gasteiger partial charge in [-0.05, 0) is 32.9 Å². The fourth-order valence-corrected chi connectivity index (χ4v) is 2.41. The molecule has 2 aromatic heterocycles. The molecule has 124 valence electrons. The van der Waals surface area contributed by atoms with Gasteiger partial charge in [0.1, 0.15) is 11.4 Å². The van der Waals surface area contributed by atoms with Gasteiger partial charge in [0.25, 0.3) is 0 Å². The minimum Gasteiger partial charge on any atom is -0.444 e. The molecule has 0 saturated carbocycles. The van der Waals surface area contributed by atoms with E-state index >= 15 is 0 Å². The quantitative estimate of drug-likeness (QED) is 0.821. The second kappa shape index (κ2) is 5.56. The smallest absolute Gasteiger partial charge is 0.410 e. The molecule has 0 unspecified atom stereocenters. The predicted molar refractivity (Wildman–Crippen MR) is 83.6 cm³/mol. The summed E-state index contributed by atoms with van der Waals surface area (Å²) in [5, 5.41) is 10.5. The highest BCUT2D eigenvalue weighted by Crippen LogP contribution is 2.15. The van der Waals surface area contributed by atoms with Gasteiger partial charge in [-0.1, -0.05) is 0 Å². The summed E-state index contributed by atoms with van der Waals surface area (Å²) in [6.45, 7) is 7.91. The lowest BCUT2D eigenvalue weighted by Gasteiger charge is -2.36. The van der Waals surface area contributed by atoms with Crippen molar-refractivity contribution in [2.24, 2.45) is 0 Å². The number of aromatic amines is 1. The van der Waals surface area contributed by atoms with Crippen molar-refractivity contribution >= 4 is 17.6 Å². The molecule has 3 heterocycles. The van der Waals surface area contributed by atoms with Gasteiger partial charge in [0, 0.05) is 26.2 Å². The fourth-order valence-electron chi connectivity index (χ4n) is 2.41. The third-order valence-electron chi connectivity index (χ3n) is 3.51. The molecule has 1 N–H and O–H groups in total. The Morgan fingerprint density at radius 2 is 1.91 bits per heavy atom. The van der Waals surface area contributed by atoms with Crippen LogP contribution in [0.3, 0.4) is 0 Å². The van der Waals surface area contributed by atoms with Crippen molar-refractivity contribution in [2.45, 2.75) is 26.4 Å². The van der Waals surface area contributed by atoms with Crippen molar-refractivity contribution in [3.8, 4) is 0 Å². The van der Waals surface area contributed by atoms with Crippen LogP contribution in [0.1, 0.15) is 20.8 Å². The summed E-state index contributed by atoms with van der Waals surface area (Å²) in [6.07, 6.45) is -0.299. The molecule has 0 spiro atoms. The largest absolute Gasteiger partial charge is 0.444 e. The molecular formula is C14H20N6O3. The summed E-state index contributed by atoms with van der Waals surface area (Å²) >= 11 is 0. The minimum absolute atomic E-state index is 0.299. The van der Waals surface area contributed by atoms with Crippen molar-refractivity contribution in [1.82, 2.24) is 24.7 Å². The van der Waals surface area contributed by atoms with E-state index in [1.807, 2.05) is 31.7 Å². The van der Waals surface area contributed by atoms with E-state index < -0.39 is 5.60 Å². The van der Waals surface area contributed by atoms with Crippen LogP contribution in [0.15, 0.2) is 16.9 Å². The SMILES string of the molecule is CC(C)(C)OC(=O)N1CCN(c2ccc3n[nH]c(=O)n3n2)CC1. The molecule has 1 aliphatic heterocycles. The number of fused-ring (bicyclic) bond motifs is 1. The van der Waals surface area contributed by atoms with Crippen LogP contribution in [0.25, 0.3) is 5.65 Å². The van der Waals surface area contributed by atoms with E-state index in [-0.39, 0.29) is 11.8 Å². The number of nitrogens with zero attached hydrogens (tertiary/aromatic N) is 5. The van der Waals surface area contributed by atoms with Crippen LogP contribution in [0.4, 0.5) is 10.6 Å². The standard InChI is InChI=1S/C14H20N6O3/c1-14(2,3)23-13(22)19-8-6-18(7-9-19)11-5-4-10-15-16-12(21)20(10)17-11/h4-5H,6-9H2,1-3H3,(H,16,21). The van der Waals surface area contributed by atoms with Crippen LogP contribution < -0.4 is 10.6 Å². The first kappa shape index (κ1) is 15.3. The van der Waals surface area contributed by atoms with Crippen LogP contribution >= 0.6 is 0 Å². The maximum Gasteiger partial charge on any atom is 0.410 e. The van der Waals surface area contributed by atoms with Crippen LogP contribution in [0, 0.1) is 0 Å². The number of nitrogens with one attached hydrogen (secondary N) is 1. The zero-order valence-corrected chi connectivity index (χ0v) is 13.4. The zero-order valence-electron chi connectivity index (χ0n) is 13.4. The number of piperazine rings is 1. The Hall–Kier alpha value is -2.58. The molecule has 1 amide bonds. The first-order chi connectivity index (χ1) is 10.8. The van der Waals surface area contributed by atoms with E-state index in [0.717, 1.165) is 0 Å². The monoisotopic (exact) mass is 320 g/mol. The highest BCUT2D eigenvalue weighted by molar-refractivity contribution is 5.68. The molecule has 1 fully saturated rings. The second-order valence-electron chi connectivity index (χ2n) is 6.44. The van der Waals surface area contributed by atoms with Crippen LogP contribution in [-0.4, -0.2) is 62.6 Å². The van der Waals surface area contributed by atoms with Gasteiger partial charge in [-0.2, -0.15) is 9.61 Å². The summed E-state index contributed by atoms with van der Waals surface area (Å²) in [5.74, 6) is 0.685. The highest BCUT2D eigenvalue weighted by Gasteiger charge is 2.26. The number of hydrogen-bond acceptors (Lipinski definition) is 6. The van der Waals surface area contributed by atoms with Gasteiger partial charge >= 0.3 is 11.8 Å². The number of anilines is 1. The Kier molecular flexibility index (Phi) is 3.70. The van der Waals surface area contributed by atoms with E-state index in [4.69, 9.17) is 4.74 Å². The van der Waals surface area contributed by atoms with Gasteiger partial charge in [-0.3, -0.25) is 0 Å². The Balaban J connectivity index is 1.67. The minimum atomic E-state index is -0.497. The van der Waals surface area contributed by atoms with E-state index in [1.54, 1.807) is 11.0 Å². The third-order valence-corrected chi connectivity index (χ3v) is 3.51.